The molecule has 0 unspecified atom stereocenters. The van der Waals surface area contributed by atoms with Gasteiger partial charge in [0.1, 0.15) is 5.82 Å². The number of H-pyrrole nitrogens is 1. The summed E-state index contributed by atoms with van der Waals surface area (Å²) in [5, 5.41) is 8.93. The molecule has 0 atom stereocenters. The second-order valence-corrected chi connectivity index (χ2v) is 8.65. The topological polar surface area (TPSA) is 125 Å². The van der Waals surface area contributed by atoms with Gasteiger partial charge in [-0.15, -0.1) is 0 Å². The van der Waals surface area contributed by atoms with Crippen molar-refractivity contribution in [3.63, 3.8) is 0 Å². The van der Waals surface area contributed by atoms with Crippen molar-refractivity contribution in [3.05, 3.63) is 81.6 Å². The molecule has 0 saturated heterocycles. The van der Waals surface area contributed by atoms with Gasteiger partial charge < -0.3 is 20.9 Å². The largest absolute Gasteiger partial charge is 0.347 e. The third-order valence-corrected chi connectivity index (χ3v) is 5.77. The van der Waals surface area contributed by atoms with Crippen LogP contribution in [0.4, 0.5) is 17.3 Å². The first-order chi connectivity index (χ1) is 16.0. The Balaban J connectivity index is 1.34. The molecule has 164 valence electrons. The molecule has 0 bridgehead atoms. The average Bonchev–Trinajstić information content (AvgIpc) is 3.28. The molecule has 33 heavy (non-hydrogen) atoms. The van der Waals surface area contributed by atoms with Crippen LogP contribution in [0.15, 0.2) is 61.1 Å². The lowest BCUT2D eigenvalue weighted by molar-refractivity contribution is -0.115. The van der Waals surface area contributed by atoms with E-state index >= 15 is 0 Å². The fourth-order valence-corrected chi connectivity index (χ4v) is 4.01. The first-order valence-corrected chi connectivity index (χ1v) is 11.2. The summed E-state index contributed by atoms with van der Waals surface area (Å²) in [6.07, 6.45) is 5.23. The van der Waals surface area contributed by atoms with Crippen LogP contribution in [-0.2, 0) is 17.8 Å². The van der Waals surface area contributed by atoms with Crippen molar-refractivity contribution in [1.82, 2.24) is 25.3 Å². The predicted octanol–water partition coefficient (Wildman–Crippen LogP) is 3.64. The minimum absolute atomic E-state index is 0.0952. The summed E-state index contributed by atoms with van der Waals surface area (Å²) in [6.45, 7) is 0.326. The van der Waals surface area contributed by atoms with Crippen LogP contribution < -0.4 is 16.0 Å². The number of carbonyl (C=O) groups is 2. The number of imidazole rings is 1. The van der Waals surface area contributed by atoms with Crippen molar-refractivity contribution in [2.24, 2.45) is 0 Å². The highest BCUT2D eigenvalue weighted by atomic mass is 127. The molecule has 4 N–H and O–H groups in total. The van der Waals surface area contributed by atoms with Crippen LogP contribution in [0.25, 0.3) is 11.3 Å². The summed E-state index contributed by atoms with van der Waals surface area (Å²) in [6, 6.07) is 12.9. The monoisotopic (exact) mass is 551 g/mol. The summed E-state index contributed by atoms with van der Waals surface area (Å²) < 4.78 is 1.02. The molecule has 0 aliphatic carbocycles. The van der Waals surface area contributed by atoms with E-state index in [0.717, 1.165) is 26.1 Å². The Labute approximate surface area is 202 Å². The van der Waals surface area contributed by atoms with Crippen LogP contribution in [-0.4, -0.2) is 31.8 Å². The SMILES string of the molecule is O=C1Cc2cnc(Nc3ccc(C(=O)NCc4ncc[nH]4)cc3)nc2-c2ccc(I)cc2N1. The molecule has 1 aliphatic heterocycles. The van der Waals surface area contributed by atoms with E-state index in [-0.39, 0.29) is 18.2 Å². The quantitative estimate of drug-likeness (QED) is 0.281. The fourth-order valence-electron chi connectivity index (χ4n) is 3.52. The Hall–Kier alpha value is -3.80. The van der Waals surface area contributed by atoms with Crippen LogP contribution in [0.2, 0.25) is 0 Å². The number of nitrogens with one attached hydrogen (secondary N) is 4. The summed E-state index contributed by atoms with van der Waals surface area (Å²) >= 11 is 2.21. The number of aromatic nitrogens is 4. The van der Waals surface area contributed by atoms with E-state index in [1.165, 1.54) is 0 Å². The van der Waals surface area contributed by atoms with Gasteiger partial charge in [0.25, 0.3) is 5.91 Å². The number of benzene rings is 2. The van der Waals surface area contributed by atoms with Crippen LogP contribution in [0.1, 0.15) is 21.7 Å². The lowest BCUT2D eigenvalue weighted by Gasteiger charge is -2.11. The van der Waals surface area contributed by atoms with Crippen LogP contribution in [0.3, 0.4) is 0 Å². The zero-order chi connectivity index (χ0) is 22.8. The first-order valence-electron chi connectivity index (χ1n) is 10.1. The van der Waals surface area contributed by atoms with E-state index < -0.39 is 0 Å². The van der Waals surface area contributed by atoms with Gasteiger partial charge in [-0.1, -0.05) is 0 Å². The Morgan fingerprint density at radius 3 is 2.76 bits per heavy atom. The Bertz CT molecular complexity index is 1340. The maximum Gasteiger partial charge on any atom is 0.251 e. The fraction of sp³-hybridized carbons (Fsp3) is 0.0870. The van der Waals surface area contributed by atoms with Crippen LogP contribution >= 0.6 is 22.6 Å². The number of fused-ring (bicyclic) bond motifs is 3. The minimum Gasteiger partial charge on any atom is -0.347 e. The van der Waals surface area contributed by atoms with Gasteiger partial charge in [0.2, 0.25) is 11.9 Å². The second-order valence-electron chi connectivity index (χ2n) is 7.40. The van der Waals surface area contributed by atoms with E-state index in [9.17, 15) is 9.59 Å². The van der Waals surface area contributed by atoms with E-state index in [0.29, 0.717) is 29.6 Å². The van der Waals surface area contributed by atoms with Crippen molar-refractivity contribution in [2.45, 2.75) is 13.0 Å². The molecule has 3 heterocycles. The van der Waals surface area contributed by atoms with Crippen molar-refractivity contribution < 1.29 is 9.59 Å². The number of rotatable bonds is 5. The normalized spacial score (nSPS) is 12.2. The highest BCUT2D eigenvalue weighted by Gasteiger charge is 2.21. The smallest absolute Gasteiger partial charge is 0.251 e. The molecule has 9 nitrogen and oxygen atoms in total. The molecule has 1 aliphatic rings. The molecule has 4 aromatic rings. The standard InChI is InChI=1S/C23H18IN7O2/c24-15-3-6-17-18(10-15)30-20(32)9-14-11-28-23(31-21(14)17)29-16-4-1-13(2-5-16)22(33)27-12-19-25-7-8-26-19/h1-8,10-11H,9,12H2,(H,25,26)(H,27,33)(H,30,32)(H,28,29,31). The number of carbonyl (C=O) groups excluding carboxylic acids is 2. The number of amides is 2. The predicted molar refractivity (Wildman–Crippen MR) is 132 cm³/mol. The molecule has 0 spiro atoms. The molecule has 0 radical (unpaired) electrons. The molecule has 2 aromatic heterocycles. The molecule has 5 rings (SSSR count). The average molecular weight is 551 g/mol. The second kappa shape index (κ2) is 8.98. The van der Waals surface area contributed by atoms with Gasteiger partial charge in [-0.05, 0) is 65.1 Å². The third-order valence-electron chi connectivity index (χ3n) is 5.10. The van der Waals surface area contributed by atoms with E-state index in [1.807, 2.05) is 18.2 Å². The van der Waals surface area contributed by atoms with Crippen molar-refractivity contribution in [2.75, 3.05) is 10.6 Å². The zero-order valence-electron chi connectivity index (χ0n) is 17.2. The van der Waals surface area contributed by atoms with Gasteiger partial charge in [-0.2, -0.15) is 0 Å². The van der Waals surface area contributed by atoms with Gasteiger partial charge >= 0.3 is 0 Å². The number of aromatic amines is 1. The van der Waals surface area contributed by atoms with Crippen LogP contribution in [0, 0.1) is 3.57 Å². The summed E-state index contributed by atoms with van der Waals surface area (Å²) in [5.41, 5.74) is 4.34. The number of anilines is 3. The van der Waals surface area contributed by atoms with Crippen molar-refractivity contribution >= 4 is 51.7 Å². The lowest BCUT2D eigenvalue weighted by atomic mass is 10.1. The van der Waals surface area contributed by atoms with E-state index in [4.69, 9.17) is 0 Å². The van der Waals surface area contributed by atoms with Gasteiger partial charge in [0.05, 0.1) is 24.3 Å². The molecule has 2 aromatic carbocycles. The van der Waals surface area contributed by atoms with Gasteiger partial charge in [-0.3, -0.25) is 9.59 Å². The molecule has 2 amide bonds. The summed E-state index contributed by atoms with van der Waals surface area (Å²) in [5.74, 6) is 0.808. The van der Waals surface area contributed by atoms with Crippen molar-refractivity contribution in [1.29, 1.82) is 0 Å². The van der Waals surface area contributed by atoms with Gasteiger partial charge in [-0.25, -0.2) is 15.0 Å². The third kappa shape index (κ3) is 4.70. The molecule has 0 saturated carbocycles. The number of nitrogens with zero attached hydrogens (tertiary/aromatic N) is 3. The van der Waals surface area contributed by atoms with Crippen molar-refractivity contribution in [3.8, 4) is 11.3 Å². The highest BCUT2D eigenvalue weighted by Crippen LogP contribution is 2.34. The van der Waals surface area contributed by atoms with E-state index in [1.54, 1.807) is 42.9 Å². The number of hydrogen-bond acceptors (Lipinski definition) is 6. The maximum absolute atomic E-state index is 12.3. The lowest BCUT2D eigenvalue weighted by Crippen LogP contribution is -2.23. The molecule has 10 heteroatoms. The van der Waals surface area contributed by atoms with Gasteiger partial charge in [0, 0.05) is 44.5 Å². The van der Waals surface area contributed by atoms with E-state index in [2.05, 4.69) is 58.5 Å². The highest BCUT2D eigenvalue weighted by molar-refractivity contribution is 14.1. The molecular formula is C23H18IN7O2. The molecule has 0 fully saturated rings. The first kappa shape index (κ1) is 21.1. The Morgan fingerprint density at radius 2 is 1.97 bits per heavy atom. The van der Waals surface area contributed by atoms with Gasteiger partial charge in [0.15, 0.2) is 0 Å². The molecular weight excluding hydrogens is 533 g/mol. The minimum atomic E-state index is -0.192. The Kier molecular flexibility index (Phi) is 5.73. The summed E-state index contributed by atoms with van der Waals surface area (Å²) in [7, 11) is 0. The Morgan fingerprint density at radius 1 is 1.12 bits per heavy atom. The number of halogens is 1. The maximum atomic E-state index is 12.3. The van der Waals surface area contributed by atoms with Crippen LogP contribution in [0.5, 0.6) is 0 Å². The zero-order valence-corrected chi connectivity index (χ0v) is 19.4. The summed E-state index contributed by atoms with van der Waals surface area (Å²) in [4.78, 5) is 40.7. The number of hydrogen-bond donors (Lipinski definition) is 4.